The Morgan fingerprint density at radius 3 is 2.40 bits per heavy atom. The lowest BCUT2D eigenvalue weighted by molar-refractivity contribution is 0.0492. The summed E-state index contributed by atoms with van der Waals surface area (Å²) >= 11 is 0. The van der Waals surface area contributed by atoms with E-state index in [0.29, 0.717) is 16.7 Å². The van der Waals surface area contributed by atoms with Gasteiger partial charge in [-0.05, 0) is 43.5 Å². The van der Waals surface area contributed by atoms with Gasteiger partial charge in [-0.2, -0.15) is 0 Å². The van der Waals surface area contributed by atoms with Crippen LogP contribution in [-0.4, -0.2) is 37.0 Å². The van der Waals surface area contributed by atoms with Gasteiger partial charge < -0.3 is 9.30 Å². The van der Waals surface area contributed by atoms with E-state index in [9.17, 15) is 19.2 Å². The number of carbonyl (C=O) groups excluding carboxylic acids is 2. The highest BCUT2D eigenvalue weighted by atomic mass is 16.5. The number of hydrogen-bond acceptors (Lipinski definition) is 6. The predicted molar refractivity (Wildman–Crippen MR) is 131 cm³/mol. The van der Waals surface area contributed by atoms with E-state index in [1.165, 1.54) is 10.9 Å². The van der Waals surface area contributed by atoms with Crippen LogP contribution in [0.2, 0.25) is 0 Å². The van der Waals surface area contributed by atoms with Gasteiger partial charge in [0.1, 0.15) is 0 Å². The first-order chi connectivity index (χ1) is 16.7. The molecule has 0 aliphatic carbocycles. The van der Waals surface area contributed by atoms with Crippen molar-refractivity contribution in [2.45, 2.75) is 26.8 Å². The highest BCUT2D eigenvalue weighted by Gasteiger charge is 2.20. The van der Waals surface area contributed by atoms with E-state index < -0.39 is 17.2 Å². The fourth-order valence-electron chi connectivity index (χ4n) is 3.96. The molecule has 0 amide bonds. The number of nitrogens with zero attached hydrogens (tertiary/aromatic N) is 4. The van der Waals surface area contributed by atoms with Crippen LogP contribution in [0.1, 0.15) is 43.8 Å². The lowest BCUT2D eigenvalue weighted by atomic mass is 9.96. The molecule has 0 atom stereocenters. The first kappa shape index (κ1) is 23.9. The third kappa shape index (κ3) is 4.44. The molecule has 0 spiro atoms. The van der Waals surface area contributed by atoms with Gasteiger partial charge in [-0.1, -0.05) is 30.3 Å². The monoisotopic (exact) mass is 474 g/mol. The van der Waals surface area contributed by atoms with Gasteiger partial charge in [0, 0.05) is 31.8 Å². The van der Waals surface area contributed by atoms with Crippen molar-refractivity contribution in [2.24, 2.45) is 14.1 Å². The minimum atomic E-state index is -0.639. The molecule has 0 saturated heterocycles. The minimum Gasteiger partial charge on any atom is -0.462 e. The van der Waals surface area contributed by atoms with Crippen molar-refractivity contribution < 1.29 is 14.3 Å². The Morgan fingerprint density at radius 1 is 0.971 bits per heavy atom. The summed E-state index contributed by atoms with van der Waals surface area (Å²) in [5.41, 5.74) is 2.68. The molecule has 0 radical (unpaired) electrons. The lowest BCUT2D eigenvalue weighted by Gasteiger charge is -2.11. The van der Waals surface area contributed by atoms with Crippen molar-refractivity contribution in [2.75, 3.05) is 6.61 Å². The molecule has 2 heterocycles. The van der Waals surface area contributed by atoms with Crippen LogP contribution >= 0.6 is 0 Å². The summed E-state index contributed by atoms with van der Waals surface area (Å²) in [5, 5.41) is 0. The van der Waals surface area contributed by atoms with Crippen LogP contribution in [0.4, 0.5) is 0 Å². The predicted octanol–water partition coefficient (Wildman–Crippen LogP) is 2.53. The van der Waals surface area contributed by atoms with Crippen molar-refractivity contribution in [3.8, 4) is 0 Å². The topological polar surface area (TPSA) is 105 Å². The van der Waals surface area contributed by atoms with Gasteiger partial charge in [-0.25, -0.2) is 14.6 Å². The molecule has 0 bridgehead atoms. The van der Waals surface area contributed by atoms with Crippen molar-refractivity contribution in [3.05, 3.63) is 97.4 Å². The zero-order chi connectivity index (χ0) is 25.3. The Labute approximate surface area is 201 Å². The van der Waals surface area contributed by atoms with E-state index in [4.69, 9.17) is 4.74 Å². The fourth-order valence-corrected chi connectivity index (χ4v) is 3.96. The lowest BCUT2D eigenvalue weighted by Crippen LogP contribution is -2.39. The van der Waals surface area contributed by atoms with E-state index >= 15 is 0 Å². The number of fused-ring (bicyclic) bond motifs is 1. The Bertz CT molecular complexity index is 1580. The maximum Gasteiger partial charge on any atom is 0.338 e. The van der Waals surface area contributed by atoms with E-state index in [2.05, 4.69) is 4.98 Å². The molecule has 0 saturated carbocycles. The van der Waals surface area contributed by atoms with Crippen molar-refractivity contribution >= 4 is 22.9 Å². The van der Waals surface area contributed by atoms with E-state index in [1.807, 2.05) is 19.9 Å². The molecule has 2 aromatic carbocycles. The molecule has 9 nitrogen and oxygen atoms in total. The van der Waals surface area contributed by atoms with Crippen LogP contribution in [-0.2, 0) is 25.4 Å². The molecule has 4 rings (SSSR count). The zero-order valence-electron chi connectivity index (χ0n) is 20.1. The number of ether oxygens (including phenoxy) is 1. The molecule has 0 fully saturated rings. The number of imidazole rings is 1. The quantitative estimate of drug-likeness (QED) is 0.232. The number of aryl methyl sites for hydroxylation is 4. The van der Waals surface area contributed by atoms with Gasteiger partial charge in [-0.3, -0.25) is 18.7 Å². The summed E-state index contributed by atoms with van der Waals surface area (Å²) in [7, 11) is 3.24. The van der Waals surface area contributed by atoms with Gasteiger partial charge in [-0.15, -0.1) is 0 Å². The zero-order valence-corrected chi connectivity index (χ0v) is 20.1. The number of aromatic nitrogens is 4. The molecule has 180 valence electrons. The normalized spacial score (nSPS) is 11.1. The fraction of sp³-hybridized carbons (Fsp3) is 0.269. The smallest absolute Gasteiger partial charge is 0.338 e. The Morgan fingerprint density at radius 2 is 1.69 bits per heavy atom. The van der Waals surface area contributed by atoms with Crippen LogP contribution in [0.15, 0.2) is 58.4 Å². The number of hydrogen-bond donors (Lipinski definition) is 0. The van der Waals surface area contributed by atoms with Crippen LogP contribution < -0.4 is 11.2 Å². The number of benzene rings is 2. The number of ketones is 1. The summed E-state index contributed by atoms with van der Waals surface area (Å²) in [6.07, 6.45) is 1.73. The molecule has 35 heavy (non-hydrogen) atoms. The molecule has 0 aliphatic rings. The number of carbonyl (C=O) groups is 2. The second-order valence-electron chi connectivity index (χ2n) is 8.49. The van der Waals surface area contributed by atoms with Crippen molar-refractivity contribution in [1.29, 1.82) is 0 Å². The molecular weight excluding hydrogens is 448 g/mol. The van der Waals surface area contributed by atoms with Crippen molar-refractivity contribution in [1.82, 2.24) is 18.7 Å². The van der Waals surface area contributed by atoms with Crippen LogP contribution in [0, 0.1) is 13.8 Å². The molecule has 9 heteroatoms. The van der Waals surface area contributed by atoms with Gasteiger partial charge in [0.2, 0.25) is 0 Å². The average Bonchev–Trinajstić information content (AvgIpc) is 3.25. The molecule has 0 aliphatic heterocycles. The highest BCUT2D eigenvalue weighted by Crippen LogP contribution is 2.18. The summed E-state index contributed by atoms with van der Waals surface area (Å²) in [4.78, 5) is 55.3. The van der Waals surface area contributed by atoms with Crippen LogP contribution in [0.25, 0.3) is 11.2 Å². The Balaban J connectivity index is 1.47. The van der Waals surface area contributed by atoms with Crippen LogP contribution in [0.5, 0.6) is 0 Å². The molecule has 0 N–H and O–H groups in total. The standard InChI is InChI=1S/C26H26N4O5/c1-16-10-11-18(14-17(16)2)22(31)19-8-5-6-9-20(19)25(33)35-13-7-12-30-24(32)21-23(27-15-28(21)3)29(4)26(30)34/h5-6,8-11,14-15H,7,12-13H2,1-4H3. The summed E-state index contributed by atoms with van der Waals surface area (Å²) in [6.45, 7) is 3.94. The second-order valence-corrected chi connectivity index (χ2v) is 8.49. The SMILES string of the molecule is Cc1ccc(C(=O)c2ccccc2C(=O)OCCCn2c(=O)c3c(ncn3C)n(C)c2=O)cc1C. The molecular formula is C26H26N4O5. The van der Waals surface area contributed by atoms with Gasteiger partial charge in [0.05, 0.1) is 18.5 Å². The number of esters is 1. The third-order valence-corrected chi connectivity index (χ3v) is 6.12. The minimum absolute atomic E-state index is 0.0238. The molecule has 0 unspecified atom stereocenters. The summed E-state index contributed by atoms with van der Waals surface area (Å²) in [5.74, 6) is -0.903. The van der Waals surface area contributed by atoms with Gasteiger partial charge in [0.25, 0.3) is 5.56 Å². The van der Waals surface area contributed by atoms with Crippen molar-refractivity contribution in [3.63, 3.8) is 0 Å². The number of rotatable bonds is 7. The van der Waals surface area contributed by atoms with Gasteiger partial charge in [0.15, 0.2) is 16.9 Å². The molecule has 2 aromatic heterocycles. The van der Waals surface area contributed by atoms with Gasteiger partial charge >= 0.3 is 11.7 Å². The Hall–Kier alpha value is -4.27. The summed E-state index contributed by atoms with van der Waals surface area (Å²) < 4.78 is 9.38. The first-order valence-electron chi connectivity index (χ1n) is 11.2. The van der Waals surface area contributed by atoms with E-state index in [1.54, 1.807) is 55.1 Å². The van der Waals surface area contributed by atoms with Crippen LogP contribution in [0.3, 0.4) is 0 Å². The van der Waals surface area contributed by atoms with E-state index in [-0.39, 0.29) is 36.5 Å². The third-order valence-electron chi connectivity index (χ3n) is 6.12. The summed E-state index contributed by atoms with van der Waals surface area (Å²) in [6, 6.07) is 11.9. The highest BCUT2D eigenvalue weighted by molar-refractivity contribution is 6.14. The average molecular weight is 475 g/mol. The Kier molecular flexibility index (Phi) is 6.50. The first-order valence-corrected chi connectivity index (χ1v) is 11.2. The largest absolute Gasteiger partial charge is 0.462 e. The maximum atomic E-state index is 13.1. The maximum absolute atomic E-state index is 13.1. The second kappa shape index (κ2) is 9.54. The molecule has 4 aromatic rings. The van der Waals surface area contributed by atoms with E-state index in [0.717, 1.165) is 15.7 Å².